The Morgan fingerprint density at radius 1 is 1.27 bits per heavy atom. The molecule has 0 bridgehead atoms. The molecule has 1 aliphatic rings. The zero-order chi connectivity index (χ0) is 8.10. The predicted octanol–water partition coefficient (Wildman–Crippen LogP) is 1.17. The standard InChI is InChI=1S/C9H18O2/c10-6-2-5-9(7-11)8-3-1-4-8/h8-11H,1-7H2. The van der Waals surface area contributed by atoms with Crippen molar-refractivity contribution in [1.82, 2.24) is 0 Å². The van der Waals surface area contributed by atoms with Gasteiger partial charge >= 0.3 is 0 Å². The summed E-state index contributed by atoms with van der Waals surface area (Å²) >= 11 is 0. The van der Waals surface area contributed by atoms with Crippen molar-refractivity contribution in [3.05, 3.63) is 0 Å². The monoisotopic (exact) mass is 158 g/mol. The molecule has 2 nitrogen and oxygen atoms in total. The first-order valence-corrected chi connectivity index (χ1v) is 4.60. The summed E-state index contributed by atoms with van der Waals surface area (Å²) in [6, 6.07) is 0. The van der Waals surface area contributed by atoms with Gasteiger partial charge in [0.15, 0.2) is 0 Å². The third-order valence-electron chi connectivity index (χ3n) is 2.78. The van der Waals surface area contributed by atoms with Crippen LogP contribution in [0.2, 0.25) is 0 Å². The Balaban J connectivity index is 2.13. The fraction of sp³-hybridized carbons (Fsp3) is 1.00. The van der Waals surface area contributed by atoms with Crippen molar-refractivity contribution in [2.24, 2.45) is 11.8 Å². The number of aliphatic hydroxyl groups is 2. The summed E-state index contributed by atoms with van der Waals surface area (Å²) in [5, 5.41) is 17.6. The van der Waals surface area contributed by atoms with E-state index in [0.717, 1.165) is 18.8 Å². The van der Waals surface area contributed by atoms with Gasteiger partial charge in [-0.25, -0.2) is 0 Å². The molecule has 0 aliphatic heterocycles. The second-order valence-corrected chi connectivity index (χ2v) is 3.50. The zero-order valence-electron chi connectivity index (χ0n) is 7.00. The molecule has 0 aromatic heterocycles. The number of aliphatic hydroxyl groups excluding tert-OH is 2. The summed E-state index contributed by atoms with van der Waals surface area (Å²) in [7, 11) is 0. The van der Waals surface area contributed by atoms with E-state index in [1.807, 2.05) is 0 Å². The van der Waals surface area contributed by atoms with Crippen LogP contribution < -0.4 is 0 Å². The molecular weight excluding hydrogens is 140 g/mol. The number of hydrogen-bond acceptors (Lipinski definition) is 2. The first-order valence-electron chi connectivity index (χ1n) is 4.60. The molecule has 1 fully saturated rings. The van der Waals surface area contributed by atoms with Crippen molar-refractivity contribution >= 4 is 0 Å². The average Bonchev–Trinajstić information content (AvgIpc) is 1.93. The maximum atomic E-state index is 9.01. The minimum absolute atomic E-state index is 0.267. The van der Waals surface area contributed by atoms with Crippen molar-refractivity contribution in [2.45, 2.75) is 32.1 Å². The minimum Gasteiger partial charge on any atom is -0.396 e. The molecule has 1 unspecified atom stereocenters. The second-order valence-electron chi connectivity index (χ2n) is 3.50. The topological polar surface area (TPSA) is 40.5 Å². The van der Waals surface area contributed by atoms with E-state index >= 15 is 0 Å². The van der Waals surface area contributed by atoms with Crippen molar-refractivity contribution in [1.29, 1.82) is 0 Å². The normalized spacial score (nSPS) is 21.3. The van der Waals surface area contributed by atoms with E-state index in [9.17, 15) is 0 Å². The lowest BCUT2D eigenvalue weighted by Crippen LogP contribution is -2.25. The van der Waals surface area contributed by atoms with Crippen LogP contribution in [0.1, 0.15) is 32.1 Å². The van der Waals surface area contributed by atoms with Crippen LogP contribution in [0.5, 0.6) is 0 Å². The van der Waals surface area contributed by atoms with Gasteiger partial charge in [0, 0.05) is 13.2 Å². The minimum atomic E-state index is 0.267. The summed E-state index contributed by atoms with van der Waals surface area (Å²) in [6.45, 7) is 0.577. The lowest BCUT2D eigenvalue weighted by molar-refractivity contribution is 0.109. The van der Waals surface area contributed by atoms with Gasteiger partial charge in [0.05, 0.1) is 0 Å². The Labute approximate surface area is 68.2 Å². The molecule has 2 heteroatoms. The fourth-order valence-corrected chi connectivity index (χ4v) is 1.74. The molecule has 1 aliphatic carbocycles. The van der Waals surface area contributed by atoms with E-state index in [1.165, 1.54) is 19.3 Å². The fourth-order valence-electron chi connectivity index (χ4n) is 1.74. The molecule has 66 valence electrons. The van der Waals surface area contributed by atoms with E-state index < -0.39 is 0 Å². The SMILES string of the molecule is OCCCC(CO)C1CCC1. The highest BCUT2D eigenvalue weighted by atomic mass is 16.3. The third kappa shape index (κ3) is 2.46. The van der Waals surface area contributed by atoms with E-state index in [-0.39, 0.29) is 6.61 Å². The molecule has 2 N–H and O–H groups in total. The first-order chi connectivity index (χ1) is 5.38. The molecular formula is C9H18O2. The average molecular weight is 158 g/mol. The van der Waals surface area contributed by atoms with Crippen molar-refractivity contribution in [3.8, 4) is 0 Å². The van der Waals surface area contributed by atoms with Crippen molar-refractivity contribution in [2.75, 3.05) is 13.2 Å². The second kappa shape index (κ2) is 4.73. The molecule has 11 heavy (non-hydrogen) atoms. The largest absolute Gasteiger partial charge is 0.396 e. The highest BCUT2D eigenvalue weighted by molar-refractivity contribution is 4.76. The smallest absolute Gasteiger partial charge is 0.0461 e. The van der Waals surface area contributed by atoms with Gasteiger partial charge < -0.3 is 10.2 Å². The third-order valence-corrected chi connectivity index (χ3v) is 2.78. The van der Waals surface area contributed by atoms with E-state index in [2.05, 4.69) is 0 Å². The lowest BCUT2D eigenvalue weighted by atomic mass is 9.74. The number of hydrogen-bond donors (Lipinski definition) is 2. The molecule has 0 aromatic carbocycles. The highest BCUT2D eigenvalue weighted by Gasteiger charge is 2.25. The summed E-state index contributed by atoms with van der Waals surface area (Å²) in [4.78, 5) is 0. The Bertz CT molecular complexity index is 99.7. The zero-order valence-corrected chi connectivity index (χ0v) is 7.00. The van der Waals surface area contributed by atoms with Gasteiger partial charge in [-0.3, -0.25) is 0 Å². The van der Waals surface area contributed by atoms with Gasteiger partial charge in [0.25, 0.3) is 0 Å². The van der Waals surface area contributed by atoms with Crippen LogP contribution in [0.4, 0.5) is 0 Å². The van der Waals surface area contributed by atoms with Gasteiger partial charge in [-0.1, -0.05) is 19.3 Å². The van der Waals surface area contributed by atoms with Crippen LogP contribution in [-0.4, -0.2) is 23.4 Å². The molecule has 0 aromatic rings. The lowest BCUT2D eigenvalue weighted by Gasteiger charge is -2.32. The maximum Gasteiger partial charge on any atom is 0.0461 e. The molecule has 1 atom stereocenters. The van der Waals surface area contributed by atoms with Gasteiger partial charge in [-0.2, -0.15) is 0 Å². The Morgan fingerprint density at radius 3 is 2.36 bits per heavy atom. The highest BCUT2D eigenvalue weighted by Crippen LogP contribution is 2.35. The number of rotatable bonds is 5. The first kappa shape index (κ1) is 9.01. The van der Waals surface area contributed by atoms with Gasteiger partial charge in [0.1, 0.15) is 0 Å². The van der Waals surface area contributed by atoms with E-state index in [1.54, 1.807) is 0 Å². The Morgan fingerprint density at radius 2 is 2.00 bits per heavy atom. The molecule has 0 saturated heterocycles. The van der Waals surface area contributed by atoms with Crippen LogP contribution in [-0.2, 0) is 0 Å². The Kier molecular flexibility index (Phi) is 3.87. The van der Waals surface area contributed by atoms with Crippen LogP contribution >= 0.6 is 0 Å². The summed E-state index contributed by atoms with van der Waals surface area (Å²) < 4.78 is 0. The molecule has 0 radical (unpaired) electrons. The summed E-state index contributed by atoms with van der Waals surface area (Å²) in [6.07, 6.45) is 5.76. The predicted molar refractivity (Wildman–Crippen MR) is 44.2 cm³/mol. The van der Waals surface area contributed by atoms with Crippen LogP contribution in [0.3, 0.4) is 0 Å². The van der Waals surface area contributed by atoms with Gasteiger partial charge in [0.2, 0.25) is 0 Å². The van der Waals surface area contributed by atoms with Crippen LogP contribution in [0, 0.1) is 11.8 Å². The van der Waals surface area contributed by atoms with Gasteiger partial charge in [-0.05, 0) is 24.7 Å². The van der Waals surface area contributed by atoms with E-state index in [4.69, 9.17) is 10.2 Å². The van der Waals surface area contributed by atoms with Crippen LogP contribution in [0.15, 0.2) is 0 Å². The molecule has 0 heterocycles. The summed E-state index contributed by atoms with van der Waals surface area (Å²) in [5.41, 5.74) is 0. The van der Waals surface area contributed by atoms with Crippen molar-refractivity contribution in [3.63, 3.8) is 0 Å². The molecule has 0 amide bonds. The Hall–Kier alpha value is -0.0800. The molecule has 0 spiro atoms. The quantitative estimate of drug-likeness (QED) is 0.630. The van der Waals surface area contributed by atoms with Gasteiger partial charge in [-0.15, -0.1) is 0 Å². The molecule has 1 saturated carbocycles. The summed E-state index contributed by atoms with van der Waals surface area (Å²) in [5.74, 6) is 1.22. The maximum absolute atomic E-state index is 9.01. The van der Waals surface area contributed by atoms with Crippen LogP contribution in [0.25, 0.3) is 0 Å². The van der Waals surface area contributed by atoms with E-state index in [0.29, 0.717) is 12.5 Å². The molecule has 1 rings (SSSR count). The van der Waals surface area contributed by atoms with Crippen molar-refractivity contribution < 1.29 is 10.2 Å².